The van der Waals surface area contributed by atoms with Crippen molar-refractivity contribution in [3.63, 3.8) is 0 Å². The molecule has 4 rings (SSSR count). The Morgan fingerprint density at radius 2 is 1.75 bits per heavy atom. The molecule has 2 heterocycles. The van der Waals surface area contributed by atoms with Crippen LogP contribution in [0.5, 0.6) is 5.75 Å². The van der Waals surface area contributed by atoms with Crippen LogP contribution in [-0.4, -0.2) is 92.1 Å². The van der Waals surface area contributed by atoms with E-state index >= 15 is 0 Å². The number of nitrogens with one attached hydrogen (secondary N) is 1. The topological polar surface area (TPSA) is 104 Å². The summed E-state index contributed by atoms with van der Waals surface area (Å²) in [5.74, 6) is 0.240. The molecule has 0 atom stereocenters. The first-order valence-electron chi connectivity index (χ1n) is 13.3. The number of hydrogen-bond donors (Lipinski definition) is 1. The second-order valence-corrected chi connectivity index (χ2v) is 10.1. The summed E-state index contributed by atoms with van der Waals surface area (Å²) in [6, 6.07) is 16.8. The fraction of sp³-hybridized carbons (Fsp3) is 0.379. The number of amides is 3. The number of rotatable bonds is 12. The van der Waals surface area contributed by atoms with Crippen LogP contribution in [0.2, 0.25) is 0 Å². The van der Waals surface area contributed by atoms with E-state index in [1.165, 1.54) is 16.2 Å². The fourth-order valence-electron chi connectivity index (χ4n) is 4.45. The second-order valence-electron chi connectivity index (χ2n) is 9.22. The molecule has 1 aromatic heterocycles. The highest BCUT2D eigenvalue weighted by molar-refractivity contribution is 7.13. The Kier molecular flexibility index (Phi) is 10.5. The number of aromatic nitrogens is 1. The molecule has 0 saturated carbocycles. The van der Waals surface area contributed by atoms with Gasteiger partial charge in [0.15, 0.2) is 5.13 Å². The number of nitrogens with zero attached hydrogens (tertiary/aromatic N) is 4. The molecule has 3 aromatic rings. The Bertz CT molecular complexity index is 1280. The normalized spacial score (nSPS) is 13.2. The largest absolute Gasteiger partial charge is 0.492 e. The molecule has 40 heavy (non-hydrogen) atoms. The van der Waals surface area contributed by atoms with Gasteiger partial charge in [-0.25, -0.2) is 4.98 Å². The predicted molar refractivity (Wildman–Crippen MR) is 155 cm³/mol. The van der Waals surface area contributed by atoms with Gasteiger partial charge in [0.2, 0.25) is 11.8 Å². The number of anilines is 2. The fourth-order valence-corrected chi connectivity index (χ4v) is 5.18. The molecule has 0 aliphatic carbocycles. The van der Waals surface area contributed by atoms with Crippen LogP contribution in [-0.2, 0) is 20.7 Å². The summed E-state index contributed by atoms with van der Waals surface area (Å²) in [6.45, 7) is 5.67. The van der Waals surface area contributed by atoms with Gasteiger partial charge >= 0.3 is 0 Å². The summed E-state index contributed by atoms with van der Waals surface area (Å²) in [6.07, 6.45) is 0.161. The number of hydrogen-bond acceptors (Lipinski definition) is 8. The van der Waals surface area contributed by atoms with Crippen molar-refractivity contribution in [2.24, 2.45) is 0 Å². The van der Waals surface area contributed by atoms with Gasteiger partial charge in [-0.3, -0.25) is 14.4 Å². The lowest BCUT2D eigenvalue weighted by Gasteiger charge is -2.36. The van der Waals surface area contributed by atoms with Crippen LogP contribution in [0, 0.1) is 0 Å². The molecular formula is C29H35N5O5S. The van der Waals surface area contributed by atoms with Crippen molar-refractivity contribution in [3.8, 4) is 5.75 Å². The zero-order valence-electron chi connectivity index (χ0n) is 22.9. The lowest BCUT2D eigenvalue weighted by Crippen LogP contribution is -2.49. The van der Waals surface area contributed by atoms with E-state index in [9.17, 15) is 14.4 Å². The minimum atomic E-state index is -0.365. The van der Waals surface area contributed by atoms with Crippen molar-refractivity contribution in [2.45, 2.75) is 13.3 Å². The SMILES string of the molecule is CCOc1ccccc1N1CCN(C(=O)Cc2csc(NC(=O)CN(CCOC)C(=O)c3ccccc3)n2)CC1. The molecule has 3 amide bonds. The lowest BCUT2D eigenvalue weighted by atomic mass is 10.2. The molecule has 0 spiro atoms. The van der Waals surface area contributed by atoms with Crippen LogP contribution in [0.25, 0.3) is 0 Å². The summed E-state index contributed by atoms with van der Waals surface area (Å²) in [4.78, 5) is 48.6. The molecule has 1 N–H and O–H groups in total. The molecule has 10 nitrogen and oxygen atoms in total. The van der Waals surface area contributed by atoms with Gasteiger partial charge in [-0.15, -0.1) is 11.3 Å². The molecule has 1 fully saturated rings. The Balaban J connectivity index is 1.28. The second kappa shape index (κ2) is 14.4. The smallest absolute Gasteiger partial charge is 0.254 e. The van der Waals surface area contributed by atoms with Gasteiger partial charge < -0.3 is 29.5 Å². The van der Waals surface area contributed by atoms with Gasteiger partial charge in [0.1, 0.15) is 12.3 Å². The van der Waals surface area contributed by atoms with Crippen LogP contribution < -0.4 is 15.0 Å². The van der Waals surface area contributed by atoms with Crippen molar-refractivity contribution in [3.05, 3.63) is 71.2 Å². The van der Waals surface area contributed by atoms with Crippen molar-refractivity contribution < 1.29 is 23.9 Å². The first-order chi connectivity index (χ1) is 19.5. The quantitative estimate of drug-likeness (QED) is 0.360. The van der Waals surface area contributed by atoms with Crippen LogP contribution in [0.4, 0.5) is 10.8 Å². The standard InChI is InChI=1S/C29H35N5O5S/c1-3-39-25-12-8-7-11-24(25)32-13-15-33(16-14-32)27(36)19-23-21-40-29(30-23)31-26(35)20-34(17-18-38-2)28(37)22-9-5-4-6-10-22/h4-12,21H,3,13-20H2,1-2H3,(H,30,31,35). The number of ether oxygens (including phenoxy) is 2. The van der Waals surface area contributed by atoms with E-state index in [4.69, 9.17) is 9.47 Å². The summed E-state index contributed by atoms with van der Waals surface area (Å²) in [5.41, 5.74) is 2.15. The number of piperazine rings is 1. The highest BCUT2D eigenvalue weighted by Crippen LogP contribution is 2.29. The van der Waals surface area contributed by atoms with Gasteiger partial charge in [0.25, 0.3) is 5.91 Å². The third-order valence-corrected chi connectivity index (χ3v) is 7.28. The number of carbonyl (C=O) groups excluding carboxylic acids is 3. The maximum Gasteiger partial charge on any atom is 0.254 e. The van der Waals surface area contributed by atoms with Gasteiger partial charge in [0.05, 0.1) is 31.0 Å². The third-order valence-electron chi connectivity index (χ3n) is 6.48. The van der Waals surface area contributed by atoms with E-state index in [2.05, 4.69) is 15.2 Å². The van der Waals surface area contributed by atoms with E-state index in [0.29, 0.717) is 42.7 Å². The molecule has 11 heteroatoms. The summed E-state index contributed by atoms with van der Waals surface area (Å²) in [7, 11) is 1.55. The molecule has 2 aromatic carbocycles. The lowest BCUT2D eigenvalue weighted by molar-refractivity contribution is -0.130. The van der Waals surface area contributed by atoms with Crippen molar-refractivity contribution in [2.75, 3.05) is 69.8 Å². The molecule has 1 aliphatic rings. The third kappa shape index (κ3) is 7.80. The zero-order chi connectivity index (χ0) is 28.3. The van der Waals surface area contributed by atoms with Crippen molar-refractivity contribution in [1.29, 1.82) is 0 Å². The number of carbonyl (C=O) groups is 3. The minimum absolute atomic E-state index is 0.000110. The van der Waals surface area contributed by atoms with E-state index in [-0.39, 0.29) is 37.2 Å². The molecule has 0 unspecified atom stereocenters. The first kappa shape index (κ1) is 29.0. The van der Waals surface area contributed by atoms with Gasteiger partial charge in [0, 0.05) is 50.8 Å². The molecule has 1 saturated heterocycles. The average molecular weight is 566 g/mol. The Hall–Kier alpha value is -3.96. The Morgan fingerprint density at radius 1 is 1.02 bits per heavy atom. The van der Waals surface area contributed by atoms with E-state index in [1.807, 2.05) is 42.2 Å². The average Bonchev–Trinajstić information content (AvgIpc) is 3.42. The van der Waals surface area contributed by atoms with E-state index in [1.54, 1.807) is 36.8 Å². The number of benzene rings is 2. The Morgan fingerprint density at radius 3 is 2.48 bits per heavy atom. The first-order valence-corrected chi connectivity index (χ1v) is 14.2. The Labute approximate surface area is 238 Å². The summed E-state index contributed by atoms with van der Waals surface area (Å²) < 4.78 is 10.9. The van der Waals surface area contributed by atoms with Crippen LogP contribution in [0.3, 0.4) is 0 Å². The van der Waals surface area contributed by atoms with Crippen LogP contribution in [0.1, 0.15) is 23.0 Å². The highest BCUT2D eigenvalue weighted by Gasteiger charge is 2.24. The highest BCUT2D eigenvalue weighted by atomic mass is 32.1. The van der Waals surface area contributed by atoms with Gasteiger partial charge in [-0.05, 0) is 31.2 Å². The predicted octanol–water partition coefficient (Wildman–Crippen LogP) is 3.16. The summed E-state index contributed by atoms with van der Waals surface area (Å²) in [5, 5.41) is 4.93. The zero-order valence-corrected chi connectivity index (χ0v) is 23.7. The van der Waals surface area contributed by atoms with E-state index in [0.717, 1.165) is 24.5 Å². The maximum absolute atomic E-state index is 13.0. The number of methoxy groups -OCH3 is 1. The van der Waals surface area contributed by atoms with E-state index < -0.39 is 0 Å². The van der Waals surface area contributed by atoms with Crippen molar-refractivity contribution >= 4 is 39.9 Å². The van der Waals surface area contributed by atoms with Crippen LogP contribution in [0.15, 0.2) is 60.0 Å². The number of para-hydroxylation sites is 2. The molecule has 0 radical (unpaired) electrons. The molecule has 0 bridgehead atoms. The molecule has 212 valence electrons. The monoisotopic (exact) mass is 565 g/mol. The van der Waals surface area contributed by atoms with Gasteiger partial charge in [-0.1, -0.05) is 30.3 Å². The van der Waals surface area contributed by atoms with Gasteiger partial charge in [-0.2, -0.15) is 0 Å². The maximum atomic E-state index is 13.0. The minimum Gasteiger partial charge on any atom is -0.492 e. The summed E-state index contributed by atoms with van der Waals surface area (Å²) >= 11 is 1.26. The van der Waals surface area contributed by atoms with Crippen LogP contribution >= 0.6 is 11.3 Å². The number of thiazole rings is 1. The molecule has 1 aliphatic heterocycles. The van der Waals surface area contributed by atoms with Crippen molar-refractivity contribution in [1.82, 2.24) is 14.8 Å². The molecular weight excluding hydrogens is 530 g/mol.